The third kappa shape index (κ3) is 3.94. The number of benzene rings is 1. The topological polar surface area (TPSA) is 107 Å². The van der Waals surface area contributed by atoms with Gasteiger partial charge in [0, 0.05) is 49.2 Å². The zero-order valence-electron chi connectivity index (χ0n) is 24.2. The van der Waals surface area contributed by atoms with Crippen molar-refractivity contribution in [2.75, 3.05) is 48.3 Å². The second-order valence-corrected chi connectivity index (χ2v) is 13.4. The first-order valence-corrected chi connectivity index (χ1v) is 15.8. The van der Waals surface area contributed by atoms with Crippen molar-refractivity contribution in [3.05, 3.63) is 34.5 Å². The van der Waals surface area contributed by atoms with E-state index in [-0.39, 0.29) is 62.7 Å². The zero-order chi connectivity index (χ0) is 29.6. The molecule has 3 unspecified atom stereocenters. The molecule has 3 atom stereocenters. The largest absolute Gasteiger partial charge is 0.389 e. The minimum Gasteiger partial charge on any atom is -0.389 e. The summed E-state index contributed by atoms with van der Waals surface area (Å²) in [7, 11) is 0. The molecule has 0 spiro atoms. The monoisotopic (exact) mass is 602 g/mol. The van der Waals surface area contributed by atoms with E-state index in [0.717, 1.165) is 80.9 Å². The first kappa shape index (κ1) is 26.9. The predicted octanol–water partition coefficient (Wildman–Crippen LogP) is 5.19. The molecule has 3 saturated heterocycles. The van der Waals surface area contributed by atoms with Crippen LogP contribution in [0, 0.1) is 28.9 Å². The molecule has 4 aliphatic rings. The molecular formula is C31H32F2N8OS. The van der Waals surface area contributed by atoms with Gasteiger partial charge in [0.1, 0.15) is 22.4 Å². The maximum Gasteiger partial charge on any atom is 0.228 e. The predicted molar refractivity (Wildman–Crippen MR) is 163 cm³/mol. The Morgan fingerprint density at radius 2 is 1.86 bits per heavy atom. The SMILES string of the molecule is CCN1CC2CCC(C1)N2c1nc(N2CCC(C)C2)nc2c(F)c(-c3ncc(F)c4sc(N)c(C#N)c34)c3c(c12)COC3. The summed E-state index contributed by atoms with van der Waals surface area (Å²) in [6, 6.07) is 2.66. The van der Waals surface area contributed by atoms with E-state index in [0.29, 0.717) is 22.8 Å². The molecule has 43 heavy (non-hydrogen) atoms. The van der Waals surface area contributed by atoms with Crippen LogP contribution in [0.25, 0.3) is 32.2 Å². The lowest BCUT2D eigenvalue weighted by Crippen LogP contribution is -2.54. The Morgan fingerprint density at radius 3 is 2.56 bits per heavy atom. The van der Waals surface area contributed by atoms with E-state index >= 15 is 4.39 Å². The number of fused-ring (bicyclic) bond motifs is 6. The van der Waals surface area contributed by atoms with Crippen LogP contribution >= 0.6 is 11.3 Å². The number of hydrogen-bond donors (Lipinski definition) is 1. The van der Waals surface area contributed by atoms with E-state index in [1.165, 1.54) is 0 Å². The quantitative estimate of drug-likeness (QED) is 0.338. The lowest BCUT2D eigenvalue weighted by molar-refractivity contribution is 0.135. The van der Waals surface area contributed by atoms with Gasteiger partial charge in [-0.1, -0.05) is 13.8 Å². The number of ether oxygens (including phenoxy) is 1. The molecule has 12 heteroatoms. The molecule has 222 valence electrons. The number of piperazine rings is 1. The third-order valence-electron chi connectivity index (χ3n) is 9.77. The number of nitrogen functional groups attached to an aromatic ring is 1. The summed E-state index contributed by atoms with van der Waals surface area (Å²) in [4.78, 5) is 21.6. The molecule has 2 N–H and O–H groups in total. The number of nitriles is 1. The molecule has 8 rings (SSSR count). The van der Waals surface area contributed by atoms with Crippen LogP contribution < -0.4 is 15.5 Å². The maximum absolute atomic E-state index is 17.3. The van der Waals surface area contributed by atoms with Crippen LogP contribution in [0.3, 0.4) is 0 Å². The lowest BCUT2D eigenvalue weighted by atomic mass is 9.93. The van der Waals surface area contributed by atoms with Crippen LogP contribution in [0.5, 0.6) is 0 Å². The molecule has 4 aromatic rings. The number of thiophene rings is 1. The van der Waals surface area contributed by atoms with Gasteiger partial charge in [-0.3, -0.25) is 9.88 Å². The third-order valence-corrected chi connectivity index (χ3v) is 10.8. The highest BCUT2D eigenvalue weighted by molar-refractivity contribution is 7.23. The minimum atomic E-state index is -0.595. The molecule has 0 aliphatic carbocycles. The molecule has 0 amide bonds. The zero-order valence-corrected chi connectivity index (χ0v) is 25.0. The van der Waals surface area contributed by atoms with Crippen LogP contribution in [-0.4, -0.2) is 64.7 Å². The number of nitrogens with zero attached hydrogens (tertiary/aromatic N) is 7. The van der Waals surface area contributed by atoms with Gasteiger partial charge in [0.2, 0.25) is 5.95 Å². The Bertz CT molecular complexity index is 1840. The Kier molecular flexibility index (Phi) is 6.22. The summed E-state index contributed by atoms with van der Waals surface area (Å²) in [5.74, 6) is 0.658. The molecule has 0 saturated carbocycles. The van der Waals surface area contributed by atoms with Crippen molar-refractivity contribution in [1.29, 1.82) is 5.26 Å². The van der Waals surface area contributed by atoms with Gasteiger partial charge in [-0.05, 0) is 42.9 Å². The highest BCUT2D eigenvalue weighted by Gasteiger charge is 2.43. The lowest BCUT2D eigenvalue weighted by Gasteiger charge is -2.42. The fourth-order valence-corrected chi connectivity index (χ4v) is 8.60. The van der Waals surface area contributed by atoms with E-state index in [4.69, 9.17) is 20.4 Å². The first-order valence-electron chi connectivity index (χ1n) is 15.0. The van der Waals surface area contributed by atoms with Crippen molar-refractivity contribution in [1.82, 2.24) is 19.9 Å². The van der Waals surface area contributed by atoms with Gasteiger partial charge in [0.05, 0.1) is 40.8 Å². The number of pyridine rings is 1. The molecule has 9 nitrogen and oxygen atoms in total. The molecule has 2 bridgehead atoms. The fraction of sp³-hybridized carbons (Fsp3) is 0.484. The van der Waals surface area contributed by atoms with Crippen molar-refractivity contribution in [3.8, 4) is 17.3 Å². The van der Waals surface area contributed by atoms with Gasteiger partial charge in [0.15, 0.2) is 11.6 Å². The number of likely N-dealkylation sites (N-methyl/N-ethyl adjacent to an activating group) is 1. The average molecular weight is 603 g/mol. The van der Waals surface area contributed by atoms with Gasteiger partial charge >= 0.3 is 0 Å². The normalized spacial score (nSPS) is 23.6. The first-order chi connectivity index (χ1) is 20.9. The number of halogens is 2. The minimum absolute atomic E-state index is 0.106. The number of anilines is 3. The van der Waals surface area contributed by atoms with Gasteiger partial charge in [0.25, 0.3) is 0 Å². The van der Waals surface area contributed by atoms with Crippen molar-refractivity contribution in [3.63, 3.8) is 0 Å². The summed E-state index contributed by atoms with van der Waals surface area (Å²) < 4.78 is 38.3. The highest BCUT2D eigenvalue weighted by atomic mass is 32.1. The Labute approximate surface area is 251 Å². The highest BCUT2D eigenvalue weighted by Crippen LogP contribution is 2.48. The second kappa shape index (κ2) is 9.94. The van der Waals surface area contributed by atoms with Crippen LogP contribution in [0.2, 0.25) is 0 Å². The molecule has 4 aliphatic heterocycles. The van der Waals surface area contributed by atoms with Crippen LogP contribution in [-0.2, 0) is 18.0 Å². The van der Waals surface area contributed by atoms with Crippen molar-refractivity contribution >= 4 is 49.1 Å². The number of aromatic nitrogens is 3. The molecule has 1 aromatic carbocycles. The smallest absolute Gasteiger partial charge is 0.228 e. The van der Waals surface area contributed by atoms with Crippen molar-refractivity contribution < 1.29 is 13.5 Å². The molecule has 0 radical (unpaired) electrons. The van der Waals surface area contributed by atoms with Gasteiger partial charge < -0.3 is 20.3 Å². The number of nitrogens with two attached hydrogens (primary N) is 1. The standard InChI is InChI=1S/C31H32F2N8OS/c1-3-39-11-16-4-5-17(12-39)41(16)30-24-20-14-42-13-19(20)22(25(33)27(24)37-31(38-30)40-7-6-15(2)10-40)26-23-18(8-34)29(35)43-28(23)21(32)9-36-26/h9,15-17H,3-7,10-14,35H2,1-2H3. The van der Waals surface area contributed by atoms with Gasteiger partial charge in [-0.25, -0.2) is 13.8 Å². The van der Waals surface area contributed by atoms with Crippen LogP contribution in [0.15, 0.2) is 6.20 Å². The molecule has 3 aromatic heterocycles. The molecule has 7 heterocycles. The number of hydrogen-bond acceptors (Lipinski definition) is 10. The van der Waals surface area contributed by atoms with E-state index in [9.17, 15) is 9.65 Å². The second-order valence-electron chi connectivity index (χ2n) is 12.3. The van der Waals surface area contributed by atoms with E-state index < -0.39 is 11.6 Å². The van der Waals surface area contributed by atoms with Crippen molar-refractivity contribution in [2.24, 2.45) is 5.92 Å². The Balaban J connectivity index is 1.43. The summed E-state index contributed by atoms with van der Waals surface area (Å²) in [5.41, 5.74) is 8.32. The summed E-state index contributed by atoms with van der Waals surface area (Å²) in [6.45, 7) is 9.36. The Morgan fingerprint density at radius 1 is 1.09 bits per heavy atom. The van der Waals surface area contributed by atoms with Crippen molar-refractivity contribution in [2.45, 2.75) is 58.4 Å². The molecular weight excluding hydrogens is 570 g/mol. The number of rotatable bonds is 4. The van der Waals surface area contributed by atoms with Crippen LogP contribution in [0.4, 0.5) is 25.5 Å². The van der Waals surface area contributed by atoms with Crippen LogP contribution in [0.1, 0.15) is 49.8 Å². The molecule has 3 fully saturated rings. The van der Waals surface area contributed by atoms with E-state index in [1.54, 1.807) is 0 Å². The summed E-state index contributed by atoms with van der Waals surface area (Å²) >= 11 is 0.975. The van der Waals surface area contributed by atoms with Gasteiger partial charge in [-0.2, -0.15) is 10.2 Å². The average Bonchev–Trinajstić information content (AvgIpc) is 3.78. The Hall–Kier alpha value is -3.66. The van der Waals surface area contributed by atoms with E-state index in [1.807, 2.05) is 0 Å². The number of likely N-dealkylation sites (tertiary alicyclic amines) is 1. The summed E-state index contributed by atoms with van der Waals surface area (Å²) in [6.07, 6.45) is 4.23. The maximum atomic E-state index is 17.3. The van der Waals surface area contributed by atoms with E-state index in [2.05, 4.69) is 39.6 Å². The van der Waals surface area contributed by atoms with Gasteiger partial charge in [-0.15, -0.1) is 11.3 Å². The fourth-order valence-electron chi connectivity index (χ4n) is 7.67. The summed E-state index contributed by atoms with van der Waals surface area (Å²) in [5, 5.41) is 11.0.